The van der Waals surface area contributed by atoms with Gasteiger partial charge >= 0.3 is 0 Å². The van der Waals surface area contributed by atoms with Gasteiger partial charge in [-0.3, -0.25) is 14.1 Å². The molecule has 0 aliphatic carbocycles. The molecule has 2 aromatic heterocycles. The Labute approximate surface area is 118 Å². The minimum Gasteiger partial charge on any atom is -0.298 e. The minimum atomic E-state index is 0.530. The first-order valence-corrected chi connectivity index (χ1v) is 7.23. The van der Waals surface area contributed by atoms with Crippen LogP contribution < -0.4 is 0 Å². The van der Waals surface area contributed by atoms with Gasteiger partial charge in [0.15, 0.2) is 11.9 Å². The first kappa shape index (κ1) is 13.2. The van der Waals surface area contributed by atoms with E-state index in [1.54, 1.807) is 6.07 Å². The molecule has 106 valence electrons. The molecule has 0 N–H and O–H groups in total. The first-order chi connectivity index (χ1) is 9.69. The molecule has 3 rings (SSSR count). The fourth-order valence-electron chi connectivity index (χ4n) is 3.13. The summed E-state index contributed by atoms with van der Waals surface area (Å²) in [6.45, 7) is 5.65. The maximum Gasteiger partial charge on any atom is 0.160 e. The lowest BCUT2D eigenvalue weighted by atomic mass is 10.1. The number of likely N-dealkylation sites (tertiary alicyclic amines) is 1. The van der Waals surface area contributed by atoms with E-state index >= 15 is 0 Å². The molecule has 0 saturated carbocycles. The average Bonchev–Trinajstić information content (AvgIpc) is 3.06. The zero-order valence-electron chi connectivity index (χ0n) is 12.0. The number of aldehydes is 1. The second kappa shape index (κ2) is 5.32. The quantitative estimate of drug-likeness (QED) is 0.798. The maximum absolute atomic E-state index is 10.9. The van der Waals surface area contributed by atoms with Crippen molar-refractivity contribution in [2.45, 2.75) is 45.2 Å². The number of carbonyl (C=O) groups excluding carboxylic acids is 1. The van der Waals surface area contributed by atoms with Crippen LogP contribution in [0.1, 0.15) is 42.9 Å². The van der Waals surface area contributed by atoms with Crippen LogP contribution in [0.25, 0.3) is 5.65 Å². The van der Waals surface area contributed by atoms with Crippen molar-refractivity contribution in [2.75, 3.05) is 6.54 Å². The number of hydrogen-bond donors (Lipinski definition) is 0. The summed E-state index contributed by atoms with van der Waals surface area (Å²) in [5.74, 6) is 0.946. The van der Waals surface area contributed by atoms with E-state index in [0.29, 0.717) is 17.6 Å². The van der Waals surface area contributed by atoms with E-state index in [1.807, 2.05) is 16.7 Å². The third-order valence-electron chi connectivity index (χ3n) is 4.14. The van der Waals surface area contributed by atoms with Crippen molar-refractivity contribution in [1.82, 2.24) is 19.5 Å². The van der Waals surface area contributed by atoms with Gasteiger partial charge in [-0.05, 0) is 45.4 Å². The second-order valence-corrected chi connectivity index (χ2v) is 5.76. The topological polar surface area (TPSA) is 50.5 Å². The molecule has 0 amide bonds. The van der Waals surface area contributed by atoms with Crippen LogP contribution in [0.4, 0.5) is 0 Å². The smallest absolute Gasteiger partial charge is 0.160 e. The van der Waals surface area contributed by atoms with Crippen LogP contribution in [0.2, 0.25) is 0 Å². The molecule has 1 saturated heterocycles. The molecule has 1 fully saturated rings. The molecular formula is C15H20N4O. The van der Waals surface area contributed by atoms with Crippen molar-refractivity contribution in [3.05, 3.63) is 29.7 Å². The summed E-state index contributed by atoms with van der Waals surface area (Å²) in [6, 6.07) is 4.71. The molecule has 1 atom stereocenters. The highest BCUT2D eigenvalue weighted by molar-refractivity contribution is 5.74. The summed E-state index contributed by atoms with van der Waals surface area (Å²) < 4.78 is 1.94. The number of rotatable bonds is 4. The molecule has 0 spiro atoms. The van der Waals surface area contributed by atoms with Gasteiger partial charge in [0.1, 0.15) is 5.82 Å². The highest BCUT2D eigenvalue weighted by Gasteiger charge is 2.27. The lowest BCUT2D eigenvalue weighted by Gasteiger charge is -2.27. The Bertz CT molecular complexity index is 619. The van der Waals surface area contributed by atoms with Crippen LogP contribution in [0.15, 0.2) is 18.3 Å². The highest BCUT2D eigenvalue weighted by atomic mass is 16.1. The predicted octanol–water partition coefficient (Wildman–Crippen LogP) is 1.96. The van der Waals surface area contributed by atoms with Gasteiger partial charge in [0.2, 0.25) is 0 Å². The van der Waals surface area contributed by atoms with E-state index in [9.17, 15) is 4.79 Å². The monoisotopic (exact) mass is 272 g/mol. The normalized spacial score (nSPS) is 20.1. The maximum atomic E-state index is 10.9. The van der Waals surface area contributed by atoms with Crippen molar-refractivity contribution >= 4 is 11.9 Å². The van der Waals surface area contributed by atoms with Crippen LogP contribution in [0, 0.1) is 0 Å². The lowest BCUT2D eigenvalue weighted by molar-refractivity contribution is 0.112. The number of aromatic nitrogens is 3. The summed E-state index contributed by atoms with van der Waals surface area (Å²) in [6.07, 6.45) is 6.03. The Morgan fingerprint density at radius 2 is 2.25 bits per heavy atom. The van der Waals surface area contributed by atoms with Gasteiger partial charge in [0.25, 0.3) is 0 Å². The van der Waals surface area contributed by atoms with Crippen LogP contribution >= 0.6 is 0 Å². The van der Waals surface area contributed by atoms with Crippen molar-refractivity contribution in [3.63, 3.8) is 0 Å². The zero-order chi connectivity index (χ0) is 14.1. The van der Waals surface area contributed by atoms with Gasteiger partial charge in [-0.2, -0.15) is 0 Å². The van der Waals surface area contributed by atoms with Crippen molar-refractivity contribution in [2.24, 2.45) is 0 Å². The zero-order valence-corrected chi connectivity index (χ0v) is 12.0. The van der Waals surface area contributed by atoms with Crippen LogP contribution in [0.3, 0.4) is 0 Å². The van der Waals surface area contributed by atoms with E-state index in [0.717, 1.165) is 24.2 Å². The van der Waals surface area contributed by atoms with E-state index in [2.05, 4.69) is 28.9 Å². The molecule has 0 bridgehead atoms. The Hall–Kier alpha value is -1.75. The molecule has 1 aliphatic rings. The molecule has 0 aromatic carbocycles. The third-order valence-corrected chi connectivity index (χ3v) is 4.14. The van der Waals surface area contributed by atoms with Gasteiger partial charge in [-0.25, -0.2) is 0 Å². The largest absolute Gasteiger partial charge is 0.298 e. The predicted molar refractivity (Wildman–Crippen MR) is 76.9 cm³/mol. The van der Waals surface area contributed by atoms with E-state index in [1.165, 1.54) is 19.4 Å². The van der Waals surface area contributed by atoms with Crippen molar-refractivity contribution < 1.29 is 4.79 Å². The first-order valence-electron chi connectivity index (χ1n) is 7.23. The SMILES string of the molecule is CC(C)N1CCCC1Cc1nnc2ccc(C=O)cn12. The van der Waals surface area contributed by atoms with Crippen LogP contribution in [-0.4, -0.2) is 44.4 Å². The molecule has 0 radical (unpaired) electrons. The molecule has 20 heavy (non-hydrogen) atoms. The summed E-state index contributed by atoms with van der Waals surface area (Å²) in [5, 5.41) is 8.48. The van der Waals surface area contributed by atoms with E-state index in [4.69, 9.17) is 0 Å². The van der Waals surface area contributed by atoms with Crippen molar-refractivity contribution in [3.8, 4) is 0 Å². The number of pyridine rings is 1. The fraction of sp³-hybridized carbons (Fsp3) is 0.533. The Morgan fingerprint density at radius 1 is 1.40 bits per heavy atom. The molecule has 1 unspecified atom stereocenters. The van der Waals surface area contributed by atoms with Crippen molar-refractivity contribution in [1.29, 1.82) is 0 Å². The Morgan fingerprint density at radius 3 is 3.00 bits per heavy atom. The Balaban J connectivity index is 1.88. The average molecular weight is 272 g/mol. The molecule has 5 heteroatoms. The molecule has 1 aliphatic heterocycles. The van der Waals surface area contributed by atoms with Crippen LogP contribution in [0.5, 0.6) is 0 Å². The minimum absolute atomic E-state index is 0.530. The second-order valence-electron chi connectivity index (χ2n) is 5.76. The van der Waals surface area contributed by atoms with Gasteiger partial charge < -0.3 is 0 Å². The van der Waals surface area contributed by atoms with Gasteiger partial charge in [0.05, 0.1) is 0 Å². The molecular weight excluding hydrogens is 252 g/mol. The summed E-state index contributed by atoms with van der Waals surface area (Å²) in [7, 11) is 0. The highest BCUT2D eigenvalue weighted by Crippen LogP contribution is 2.23. The van der Waals surface area contributed by atoms with E-state index in [-0.39, 0.29) is 0 Å². The molecule has 2 aromatic rings. The summed E-state index contributed by atoms with van der Waals surface area (Å²) in [4.78, 5) is 13.4. The van der Waals surface area contributed by atoms with E-state index < -0.39 is 0 Å². The third kappa shape index (κ3) is 2.33. The standard InChI is InChI=1S/C15H20N4O/c1-11(2)18-7-3-4-13(18)8-15-17-16-14-6-5-12(10-20)9-19(14)15/h5-6,9-11,13H,3-4,7-8H2,1-2H3. The lowest BCUT2D eigenvalue weighted by Crippen LogP contribution is -2.37. The van der Waals surface area contributed by atoms with Crippen LogP contribution in [-0.2, 0) is 6.42 Å². The van der Waals surface area contributed by atoms with Gasteiger partial charge in [-0.1, -0.05) is 0 Å². The molecule has 5 nitrogen and oxygen atoms in total. The fourth-order valence-corrected chi connectivity index (χ4v) is 3.13. The van der Waals surface area contributed by atoms with Gasteiger partial charge in [0, 0.05) is 30.3 Å². The number of fused-ring (bicyclic) bond motifs is 1. The number of carbonyl (C=O) groups is 1. The summed E-state index contributed by atoms with van der Waals surface area (Å²) >= 11 is 0. The Kier molecular flexibility index (Phi) is 3.53. The van der Waals surface area contributed by atoms with Gasteiger partial charge in [-0.15, -0.1) is 10.2 Å². The summed E-state index contributed by atoms with van der Waals surface area (Å²) in [5.41, 5.74) is 1.46. The number of nitrogens with zero attached hydrogens (tertiary/aromatic N) is 4. The molecule has 3 heterocycles. The number of hydrogen-bond acceptors (Lipinski definition) is 4.